The predicted octanol–water partition coefficient (Wildman–Crippen LogP) is 2.44. The number of methoxy groups -OCH3 is 1. The summed E-state index contributed by atoms with van der Waals surface area (Å²) in [4.78, 5) is 33.5. The van der Waals surface area contributed by atoms with E-state index >= 15 is 0 Å². The largest absolute Gasteiger partial charge is 0.497 e. The van der Waals surface area contributed by atoms with Gasteiger partial charge in [0.25, 0.3) is 17.8 Å². The monoisotopic (exact) mass is 365 g/mol. The highest BCUT2D eigenvalue weighted by atomic mass is 16.5. The number of hydrogen-bond acceptors (Lipinski definition) is 5. The molecule has 1 aromatic heterocycles. The Bertz CT molecular complexity index is 989. The number of fused-ring (bicyclic) bond motifs is 1. The Morgan fingerprint density at radius 1 is 1.30 bits per heavy atom. The predicted molar refractivity (Wildman–Crippen MR) is 101 cm³/mol. The summed E-state index contributed by atoms with van der Waals surface area (Å²) in [6.07, 6.45) is 2.53. The molecule has 0 spiro atoms. The molecule has 1 fully saturated rings. The molecular weight excluding hydrogens is 346 g/mol. The molecule has 2 aromatic rings. The minimum absolute atomic E-state index is 0.189. The second kappa shape index (κ2) is 6.79. The van der Waals surface area contributed by atoms with Crippen molar-refractivity contribution in [2.24, 2.45) is 15.9 Å². The molecule has 1 atom stereocenters. The molecule has 8 nitrogen and oxygen atoms in total. The lowest BCUT2D eigenvalue weighted by Gasteiger charge is -2.15. The number of anilines is 1. The van der Waals surface area contributed by atoms with Gasteiger partial charge in [0.15, 0.2) is 0 Å². The molecule has 0 saturated heterocycles. The minimum atomic E-state index is -0.316. The first kappa shape index (κ1) is 17.1. The lowest BCUT2D eigenvalue weighted by molar-refractivity contribution is -0.119. The fraction of sp³-hybridized carbons (Fsp3) is 0.316. The lowest BCUT2D eigenvalue weighted by atomic mass is 10.1. The van der Waals surface area contributed by atoms with E-state index < -0.39 is 0 Å². The Balaban J connectivity index is 1.64. The smallest absolute Gasteiger partial charge is 0.257 e. The van der Waals surface area contributed by atoms with Crippen LogP contribution in [0.15, 0.2) is 40.3 Å². The third-order valence-electron chi connectivity index (χ3n) is 4.67. The number of nitrogens with one attached hydrogen (secondary N) is 1. The highest BCUT2D eigenvalue weighted by Gasteiger charge is 2.33. The highest BCUT2D eigenvalue weighted by Crippen LogP contribution is 2.27. The molecular formula is C19H19N5O3. The Morgan fingerprint density at radius 2 is 2.15 bits per heavy atom. The van der Waals surface area contributed by atoms with Crippen molar-refractivity contribution in [3.05, 3.63) is 41.6 Å². The Morgan fingerprint density at radius 3 is 2.96 bits per heavy atom. The summed E-state index contributed by atoms with van der Waals surface area (Å²) in [5, 5.41) is 7.17. The van der Waals surface area contributed by atoms with Gasteiger partial charge >= 0.3 is 0 Å². The number of carbonyl (C=O) groups excluding carboxylic acids is 2. The van der Waals surface area contributed by atoms with Gasteiger partial charge in [-0.15, -0.1) is 0 Å². The fourth-order valence-corrected chi connectivity index (χ4v) is 3.35. The van der Waals surface area contributed by atoms with Crippen molar-refractivity contribution in [3.63, 3.8) is 0 Å². The van der Waals surface area contributed by atoms with Crippen molar-refractivity contribution in [1.29, 1.82) is 0 Å². The number of carbonyl (C=O) groups is 2. The average Bonchev–Trinajstić information content (AvgIpc) is 3.28. The summed E-state index contributed by atoms with van der Waals surface area (Å²) >= 11 is 0. The maximum atomic E-state index is 12.6. The quantitative estimate of drug-likeness (QED) is 0.903. The normalized spacial score (nSPS) is 18.6. The number of amides is 2. The second-order valence-electron chi connectivity index (χ2n) is 6.57. The van der Waals surface area contributed by atoms with E-state index in [1.165, 1.54) is 4.68 Å². The number of nitrogens with zero attached hydrogens (tertiary/aromatic N) is 4. The lowest BCUT2D eigenvalue weighted by Crippen LogP contribution is -2.29. The van der Waals surface area contributed by atoms with Crippen LogP contribution in [-0.4, -0.2) is 40.4 Å². The van der Waals surface area contributed by atoms with Crippen LogP contribution in [-0.2, 0) is 4.79 Å². The van der Waals surface area contributed by atoms with Crippen LogP contribution in [0.3, 0.4) is 0 Å². The topological polar surface area (TPSA) is 97.9 Å². The van der Waals surface area contributed by atoms with Gasteiger partial charge in [-0.2, -0.15) is 14.8 Å². The summed E-state index contributed by atoms with van der Waals surface area (Å²) in [6, 6.07) is 8.56. The van der Waals surface area contributed by atoms with E-state index in [4.69, 9.17) is 4.74 Å². The molecule has 4 rings (SSSR count). The van der Waals surface area contributed by atoms with Gasteiger partial charge in [0.1, 0.15) is 11.6 Å². The molecule has 1 aliphatic carbocycles. The summed E-state index contributed by atoms with van der Waals surface area (Å²) < 4.78 is 6.57. The van der Waals surface area contributed by atoms with Crippen molar-refractivity contribution >= 4 is 29.3 Å². The third kappa shape index (κ3) is 3.25. The van der Waals surface area contributed by atoms with E-state index in [9.17, 15) is 9.59 Å². The Kier molecular flexibility index (Phi) is 4.31. The van der Waals surface area contributed by atoms with E-state index in [1.54, 1.807) is 44.4 Å². The maximum Gasteiger partial charge on any atom is 0.257 e. The van der Waals surface area contributed by atoms with Crippen molar-refractivity contribution < 1.29 is 14.3 Å². The van der Waals surface area contributed by atoms with Gasteiger partial charge < -0.3 is 10.1 Å². The highest BCUT2D eigenvalue weighted by molar-refractivity contribution is 6.17. The number of aliphatic imine (C=N–C) groups is 2. The first-order chi connectivity index (χ1) is 13.0. The molecule has 138 valence electrons. The number of rotatable bonds is 3. The van der Waals surface area contributed by atoms with Crippen molar-refractivity contribution in [3.8, 4) is 5.75 Å². The Hall–Kier alpha value is -3.29. The van der Waals surface area contributed by atoms with Gasteiger partial charge in [0, 0.05) is 17.3 Å². The maximum absolute atomic E-state index is 12.6. The number of aromatic nitrogens is 2. The van der Waals surface area contributed by atoms with E-state index in [2.05, 4.69) is 20.4 Å². The molecule has 1 unspecified atom stereocenters. The number of benzene rings is 1. The molecule has 1 aliphatic heterocycles. The summed E-state index contributed by atoms with van der Waals surface area (Å²) in [7, 11) is 1.54. The van der Waals surface area contributed by atoms with Crippen LogP contribution in [0.5, 0.6) is 5.75 Å². The van der Waals surface area contributed by atoms with E-state index in [-0.39, 0.29) is 23.7 Å². The van der Waals surface area contributed by atoms with Crippen LogP contribution in [0.1, 0.15) is 35.3 Å². The zero-order chi connectivity index (χ0) is 19.0. The van der Waals surface area contributed by atoms with E-state index in [0.717, 1.165) is 25.0 Å². The standard InChI is InChI=1S/C19H19N5O3/c1-11-9-16(21-17(25)12-5-3-6-13(10-12)27-2)24(23-11)19-20-15-8-4-7-14(15)18(26)22-19/h3,5-6,9-10,14H,4,7-8H2,1-2H3,(H,21,25). The third-order valence-corrected chi connectivity index (χ3v) is 4.67. The molecule has 1 saturated carbocycles. The molecule has 27 heavy (non-hydrogen) atoms. The van der Waals surface area contributed by atoms with Crippen LogP contribution in [0.4, 0.5) is 5.82 Å². The van der Waals surface area contributed by atoms with Gasteiger partial charge in [0.2, 0.25) is 0 Å². The summed E-state index contributed by atoms with van der Waals surface area (Å²) in [5.74, 6) is 0.498. The van der Waals surface area contributed by atoms with Crippen LogP contribution in [0.25, 0.3) is 0 Å². The van der Waals surface area contributed by atoms with Crippen LogP contribution in [0, 0.1) is 12.8 Å². The van der Waals surface area contributed by atoms with Crippen LogP contribution >= 0.6 is 0 Å². The number of aryl methyl sites for hydroxylation is 1. The Labute approximate surface area is 156 Å². The minimum Gasteiger partial charge on any atom is -0.497 e. The molecule has 2 amide bonds. The van der Waals surface area contributed by atoms with Gasteiger partial charge in [-0.05, 0) is 44.4 Å². The zero-order valence-electron chi connectivity index (χ0n) is 15.1. The first-order valence-corrected chi connectivity index (χ1v) is 8.77. The van der Waals surface area contributed by atoms with Gasteiger partial charge in [-0.25, -0.2) is 4.99 Å². The molecule has 1 aromatic carbocycles. The summed E-state index contributed by atoms with van der Waals surface area (Å²) in [5.41, 5.74) is 1.98. The van der Waals surface area contributed by atoms with Crippen molar-refractivity contribution in [2.75, 3.05) is 12.4 Å². The second-order valence-corrected chi connectivity index (χ2v) is 6.57. The van der Waals surface area contributed by atoms with E-state index in [0.29, 0.717) is 22.8 Å². The van der Waals surface area contributed by atoms with Crippen molar-refractivity contribution in [2.45, 2.75) is 26.2 Å². The van der Waals surface area contributed by atoms with Gasteiger partial charge in [0.05, 0.1) is 18.7 Å². The molecule has 8 heteroatoms. The zero-order valence-corrected chi connectivity index (χ0v) is 15.1. The summed E-state index contributed by atoms with van der Waals surface area (Å²) in [6.45, 7) is 1.80. The molecule has 0 radical (unpaired) electrons. The van der Waals surface area contributed by atoms with E-state index in [1.807, 2.05) is 0 Å². The molecule has 1 N–H and O–H groups in total. The average molecular weight is 365 g/mol. The molecule has 2 aliphatic rings. The van der Waals surface area contributed by atoms with Crippen LogP contribution in [0.2, 0.25) is 0 Å². The molecule has 0 bridgehead atoms. The number of ether oxygens (including phenoxy) is 1. The van der Waals surface area contributed by atoms with Crippen molar-refractivity contribution in [1.82, 2.24) is 9.78 Å². The van der Waals surface area contributed by atoms with Gasteiger partial charge in [-0.3, -0.25) is 9.59 Å². The number of hydrogen-bond donors (Lipinski definition) is 1. The fourth-order valence-electron chi connectivity index (χ4n) is 3.35. The van der Waals surface area contributed by atoms with Crippen LogP contribution < -0.4 is 10.1 Å². The van der Waals surface area contributed by atoms with Gasteiger partial charge in [-0.1, -0.05) is 6.07 Å². The molecule has 2 heterocycles. The SMILES string of the molecule is COc1cccc(C(=O)Nc2cc(C)nn2C2=NC(=O)C3CCCC3=N2)c1. The first-order valence-electron chi connectivity index (χ1n) is 8.77.